The van der Waals surface area contributed by atoms with Crippen molar-refractivity contribution in [2.24, 2.45) is 5.92 Å². The van der Waals surface area contributed by atoms with Crippen LogP contribution >= 0.6 is 15.9 Å². The monoisotopic (exact) mass is 509 g/mol. The number of nitrogens with zero attached hydrogens (tertiary/aromatic N) is 4. The number of hydrogen-bond acceptors (Lipinski definition) is 7. The zero-order valence-electron chi connectivity index (χ0n) is 18.9. The van der Waals surface area contributed by atoms with E-state index in [1.165, 1.54) is 0 Å². The molecule has 1 aliphatic heterocycles. The molecule has 1 aliphatic carbocycles. The number of fused-ring (bicyclic) bond motifs is 1. The number of aliphatic hydroxyl groups excluding tert-OH is 1. The highest BCUT2D eigenvalue weighted by Crippen LogP contribution is 2.30. The van der Waals surface area contributed by atoms with Crippen LogP contribution in [0.15, 0.2) is 16.7 Å². The van der Waals surface area contributed by atoms with Crippen LogP contribution in [0.5, 0.6) is 0 Å². The Balaban J connectivity index is 1.72. The third kappa shape index (κ3) is 5.35. The molecule has 9 nitrogen and oxygen atoms in total. The molecule has 2 aromatic heterocycles. The van der Waals surface area contributed by atoms with E-state index in [9.17, 15) is 9.90 Å². The molecule has 2 aromatic rings. The van der Waals surface area contributed by atoms with E-state index in [4.69, 9.17) is 14.5 Å². The molecule has 1 saturated heterocycles. The maximum Gasteiger partial charge on any atom is 0.416 e. The Morgan fingerprint density at radius 2 is 2.16 bits per heavy atom. The number of halogens is 1. The minimum Gasteiger partial charge on any atom is -0.443 e. The number of nitrogens with one attached hydrogen (secondary N) is 1. The molecule has 0 unspecified atom stereocenters. The second-order valence-corrected chi connectivity index (χ2v) is 10.5. The van der Waals surface area contributed by atoms with Crippen molar-refractivity contribution in [2.75, 3.05) is 30.0 Å². The predicted molar refractivity (Wildman–Crippen MR) is 125 cm³/mol. The van der Waals surface area contributed by atoms with E-state index in [-0.39, 0.29) is 12.0 Å². The highest BCUT2D eigenvalue weighted by atomic mass is 79.9. The largest absolute Gasteiger partial charge is 0.443 e. The van der Waals surface area contributed by atoms with Crippen molar-refractivity contribution in [2.45, 2.75) is 70.6 Å². The zero-order valence-corrected chi connectivity index (χ0v) is 20.5. The number of aromatic nitrogens is 3. The average Bonchev–Trinajstić information content (AvgIpc) is 3.36. The maximum atomic E-state index is 13.3. The lowest BCUT2D eigenvalue weighted by Crippen LogP contribution is -2.41. The smallest absolute Gasteiger partial charge is 0.416 e. The van der Waals surface area contributed by atoms with Crippen LogP contribution in [0, 0.1) is 5.92 Å². The lowest BCUT2D eigenvalue weighted by Gasteiger charge is -2.31. The molecule has 2 N–H and O–H groups in total. The van der Waals surface area contributed by atoms with Crippen LogP contribution in [-0.4, -0.2) is 63.3 Å². The normalized spacial score (nSPS) is 24.0. The Labute approximate surface area is 196 Å². The summed E-state index contributed by atoms with van der Waals surface area (Å²) in [6.07, 6.45) is 5.43. The van der Waals surface area contributed by atoms with Gasteiger partial charge in [0.05, 0.1) is 29.4 Å². The highest BCUT2D eigenvalue weighted by Gasteiger charge is 2.31. The van der Waals surface area contributed by atoms with Gasteiger partial charge in [0, 0.05) is 25.1 Å². The highest BCUT2D eigenvalue weighted by molar-refractivity contribution is 9.10. The van der Waals surface area contributed by atoms with Crippen molar-refractivity contribution >= 4 is 39.3 Å². The molecule has 3 atom stereocenters. The number of carbonyl (C=O) groups excluding carboxylic acids is 1. The second kappa shape index (κ2) is 9.52. The standard InChI is InChI=1S/C22H32BrN5O4/c1-22(2,3)32-21(30)27(12-14-8-9-31-13-14)19-10-18(25-16-6-4-5-7-17(16)29)26-20-15(23)11-24-28(19)20/h10-11,14,16-17,29H,4-9,12-13H2,1-3H3,(H,25,26)/t14-,16+,17-/m1/s1. The summed E-state index contributed by atoms with van der Waals surface area (Å²) in [6.45, 7) is 7.31. The third-order valence-corrected chi connectivity index (χ3v) is 6.39. The topological polar surface area (TPSA) is 101 Å². The quantitative estimate of drug-likeness (QED) is 0.628. The van der Waals surface area contributed by atoms with Crippen LogP contribution in [0.1, 0.15) is 52.9 Å². The van der Waals surface area contributed by atoms with Gasteiger partial charge in [-0.25, -0.2) is 9.78 Å². The molecule has 176 valence electrons. The molecule has 1 saturated carbocycles. The third-order valence-electron chi connectivity index (χ3n) is 5.83. The predicted octanol–water partition coefficient (Wildman–Crippen LogP) is 3.99. The molecular formula is C22H32BrN5O4. The number of hydrogen-bond donors (Lipinski definition) is 2. The molecule has 2 aliphatic rings. The summed E-state index contributed by atoms with van der Waals surface area (Å²) in [7, 11) is 0. The molecule has 0 spiro atoms. The van der Waals surface area contributed by atoms with E-state index >= 15 is 0 Å². The van der Waals surface area contributed by atoms with Crippen molar-refractivity contribution in [3.8, 4) is 0 Å². The number of ether oxygens (including phenoxy) is 2. The van der Waals surface area contributed by atoms with Crippen molar-refractivity contribution in [3.63, 3.8) is 0 Å². The van der Waals surface area contributed by atoms with Crippen LogP contribution < -0.4 is 10.2 Å². The summed E-state index contributed by atoms with van der Waals surface area (Å²) in [5, 5.41) is 18.3. The van der Waals surface area contributed by atoms with Gasteiger partial charge in [-0.15, -0.1) is 0 Å². The maximum absolute atomic E-state index is 13.3. The molecule has 1 amide bonds. The Kier molecular flexibility index (Phi) is 6.92. The van der Waals surface area contributed by atoms with Gasteiger partial charge in [0.25, 0.3) is 0 Å². The lowest BCUT2D eigenvalue weighted by molar-refractivity contribution is 0.0571. The Hall–Kier alpha value is -1.91. The first-order valence-electron chi connectivity index (χ1n) is 11.3. The van der Waals surface area contributed by atoms with Gasteiger partial charge >= 0.3 is 6.09 Å². The van der Waals surface area contributed by atoms with Gasteiger partial charge < -0.3 is 19.9 Å². The second-order valence-electron chi connectivity index (χ2n) is 9.65. The molecule has 32 heavy (non-hydrogen) atoms. The Bertz CT molecular complexity index is 954. The number of anilines is 2. The van der Waals surface area contributed by atoms with E-state index < -0.39 is 17.8 Å². The molecule has 2 fully saturated rings. The van der Waals surface area contributed by atoms with Crippen molar-refractivity contribution in [1.29, 1.82) is 0 Å². The molecule has 4 rings (SSSR count). The Morgan fingerprint density at radius 1 is 1.38 bits per heavy atom. The fourth-order valence-electron chi connectivity index (χ4n) is 4.22. The molecule has 0 bridgehead atoms. The fourth-order valence-corrected chi connectivity index (χ4v) is 4.57. The van der Waals surface area contributed by atoms with Gasteiger partial charge in [0.2, 0.25) is 0 Å². The van der Waals surface area contributed by atoms with E-state index in [0.29, 0.717) is 37.0 Å². The fraction of sp³-hybridized carbons (Fsp3) is 0.682. The summed E-state index contributed by atoms with van der Waals surface area (Å²) < 4.78 is 13.6. The minimum absolute atomic E-state index is 0.0774. The molecule has 0 aromatic carbocycles. The van der Waals surface area contributed by atoms with Crippen molar-refractivity contribution in [3.05, 3.63) is 16.7 Å². The first kappa shape index (κ1) is 23.3. The van der Waals surface area contributed by atoms with Gasteiger partial charge in [-0.05, 0) is 56.0 Å². The average molecular weight is 510 g/mol. The van der Waals surface area contributed by atoms with Crippen molar-refractivity contribution < 1.29 is 19.4 Å². The summed E-state index contributed by atoms with van der Waals surface area (Å²) in [5.41, 5.74) is -0.0439. The molecular weight excluding hydrogens is 478 g/mol. The summed E-state index contributed by atoms with van der Waals surface area (Å²) in [5.74, 6) is 1.37. The van der Waals surface area contributed by atoms with Gasteiger partial charge in [-0.1, -0.05) is 12.8 Å². The van der Waals surface area contributed by atoms with E-state index in [1.54, 1.807) is 15.6 Å². The van der Waals surface area contributed by atoms with Crippen LogP contribution in [-0.2, 0) is 9.47 Å². The number of rotatable bonds is 5. The summed E-state index contributed by atoms with van der Waals surface area (Å²) in [6, 6.07) is 1.74. The van der Waals surface area contributed by atoms with Gasteiger partial charge in [0.1, 0.15) is 17.2 Å². The molecule has 0 radical (unpaired) electrons. The first-order chi connectivity index (χ1) is 15.2. The van der Waals surface area contributed by atoms with Crippen LogP contribution in [0.3, 0.4) is 0 Å². The number of carbonyl (C=O) groups is 1. The van der Waals surface area contributed by atoms with Crippen LogP contribution in [0.2, 0.25) is 0 Å². The van der Waals surface area contributed by atoms with Crippen molar-refractivity contribution in [1.82, 2.24) is 14.6 Å². The van der Waals surface area contributed by atoms with E-state index in [2.05, 4.69) is 26.3 Å². The van der Waals surface area contributed by atoms with Gasteiger partial charge in [-0.3, -0.25) is 4.90 Å². The van der Waals surface area contributed by atoms with Gasteiger partial charge in [0.15, 0.2) is 5.65 Å². The summed E-state index contributed by atoms with van der Waals surface area (Å²) in [4.78, 5) is 19.6. The molecule has 10 heteroatoms. The zero-order chi connectivity index (χ0) is 22.9. The summed E-state index contributed by atoms with van der Waals surface area (Å²) >= 11 is 3.52. The molecule has 3 heterocycles. The van der Waals surface area contributed by atoms with Gasteiger partial charge in [-0.2, -0.15) is 9.61 Å². The number of aliphatic hydroxyl groups is 1. The minimum atomic E-state index is -0.633. The SMILES string of the molecule is CC(C)(C)OC(=O)N(C[C@H]1CCOC1)c1cc(N[C@H]2CCCC[C@H]2O)nc2c(Br)cnn12. The Morgan fingerprint density at radius 3 is 2.84 bits per heavy atom. The first-order valence-corrected chi connectivity index (χ1v) is 12.1. The van der Waals surface area contributed by atoms with E-state index in [0.717, 1.165) is 36.6 Å². The van der Waals surface area contributed by atoms with E-state index in [1.807, 2.05) is 26.8 Å². The van der Waals surface area contributed by atoms with Crippen LogP contribution in [0.25, 0.3) is 5.65 Å². The van der Waals surface area contributed by atoms with Crippen LogP contribution in [0.4, 0.5) is 16.4 Å². The number of amides is 1. The lowest BCUT2D eigenvalue weighted by atomic mass is 9.92.